The zero-order valence-electron chi connectivity index (χ0n) is 21.9. The molecule has 0 aliphatic carbocycles. The number of pyridine rings is 2. The number of nitrogens with zero attached hydrogens (tertiary/aromatic N) is 5. The van der Waals surface area contributed by atoms with Crippen LogP contribution in [0.25, 0.3) is 27.8 Å². The third-order valence-corrected chi connectivity index (χ3v) is 9.03. The minimum Gasteiger partial charge on any atom is -0.494 e. The van der Waals surface area contributed by atoms with Crippen LogP contribution in [0.2, 0.25) is 0 Å². The molecule has 2 aromatic carbocycles. The van der Waals surface area contributed by atoms with Gasteiger partial charge in [0.05, 0.1) is 39.0 Å². The van der Waals surface area contributed by atoms with Gasteiger partial charge in [0, 0.05) is 16.8 Å². The predicted molar refractivity (Wildman–Crippen MR) is 144 cm³/mol. The van der Waals surface area contributed by atoms with E-state index in [1.807, 2.05) is 30.6 Å². The van der Waals surface area contributed by atoms with Gasteiger partial charge in [0.2, 0.25) is 0 Å². The molecule has 11 heteroatoms. The molecule has 4 aliphatic rings. The first-order valence-electron chi connectivity index (χ1n) is 13.1. The maximum atomic E-state index is 7.66. The van der Waals surface area contributed by atoms with Crippen LogP contribution in [-0.4, -0.2) is 28.8 Å². The molecule has 0 radical (unpaired) electrons. The van der Waals surface area contributed by atoms with Crippen molar-refractivity contribution in [3.05, 3.63) is 89.8 Å². The molecule has 11 nitrogen and oxygen atoms in total. The van der Waals surface area contributed by atoms with Gasteiger partial charge in [0.15, 0.2) is 34.0 Å². The number of hydrogen-bond donors (Lipinski definition) is 2. The van der Waals surface area contributed by atoms with E-state index in [-0.39, 0.29) is 0 Å². The molecule has 10 rings (SSSR count). The lowest BCUT2D eigenvalue weighted by Gasteiger charge is -2.39. The lowest BCUT2D eigenvalue weighted by atomic mass is 9.84. The summed E-state index contributed by atoms with van der Waals surface area (Å²) >= 11 is 0. The Morgan fingerprint density at radius 1 is 0.683 bits per heavy atom. The highest BCUT2D eigenvalue weighted by atomic mass is 16.5. The molecule has 4 aliphatic heterocycles. The second-order valence-electron chi connectivity index (χ2n) is 10.7. The van der Waals surface area contributed by atoms with Gasteiger partial charge < -0.3 is 18.9 Å². The number of fused-ring (bicyclic) bond motifs is 7. The second kappa shape index (κ2) is 6.54. The summed E-state index contributed by atoms with van der Waals surface area (Å²) in [6.07, 6.45) is 10.6. The van der Waals surface area contributed by atoms with Crippen LogP contribution in [-0.2, 0) is 11.3 Å². The number of benzene rings is 2. The molecular formula is C30H21N7O4+2. The maximum Gasteiger partial charge on any atom is 0.542 e. The average molecular weight is 544 g/mol. The molecule has 8 heterocycles. The fourth-order valence-electron chi connectivity index (χ4n) is 7.52. The third-order valence-electron chi connectivity index (χ3n) is 9.03. The molecule has 41 heavy (non-hydrogen) atoms. The van der Waals surface area contributed by atoms with Crippen molar-refractivity contribution in [3.8, 4) is 40.4 Å². The molecule has 0 saturated heterocycles. The second-order valence-corrected chi connectivity index (χ2v) is 10.7. The molecule has 4 N–H and O–H groups in total. The Labute approximate surface area is 231 Å². The van der Waals surface area contributed by atoms with Crippen LogP contribution in [0.4, 0.5) is 0 Å². The number of aromatic nitrogens is 5. The summed E-state index contributed by atoms with van der Waals surface area (Å²) in [7, 11) is 3.22. The van der Waals surface area contributed by atoms with Gasteiger partial charge >= 0.3 is 5.95 Å². The van der Waals surface area contributed by atoms with Crippen molar-refractivity contribution in [1.29, 1.82) is 0 Å². The maximum absolute atomic E-state index is 7.66. The highest BCUT2D eigenvalue weighted by molar-refractivity contribution is 6.13. The Bertz CT molecular complexity index is 2090. The topological polar surface area (TPSA) is 127 Å². The molecule has 6 aromatic rings. The van der Waals surface area contributed by atoms with Crippen LogP contribution >= 0.6 is 0 Å². The summed E-state index contributed by atoms with van der Waals surface area (Å²) in [4.78, 5) is 8.71. The van der Waals surface area contributed by atoms with E-state index in [0.717, 1.165) is 38.9 Å². The van der Waals surface area contributed by atoms with Gasteiger partial charge in [-0.05, 0) is 24.3 Å². The van der Waals surface area contributed by atoms with Gasteiger partial charge in [-0.3, -0.25) is 21.4 Å². The Kier molecular flexibility index (Phi) is 3.44. The van der Waals surface area contributed by atoms with Gasteiger partial charge in [0.1, 0.15) is 46.1 Å². The van der Waals surface area contributed by atoms with E-state index >= 15 is 0 Å². The highest BCUT2D eigenvalue weighted by Crippen LogP contribution is 2.57. The van der Waals surface area contributed by atoms with Crippen molar-refractivity contribution >= 4 is 21.8 Å². The molecule has 0 spiro atoms. The van der Waals surface area contributed by atoms with E-state index in [4.69, 9.17) is 30.4 Å². The number of rotatable bonds is 2. The molecular weight excluding hydrogens is 522 g/mol. The fraction of sp³-hybridized carbons (Fsp3) is 0.133. The van der Waals surface area contributed by atoms with Crippen molar-refractivity contribution in [2.75, 3.05) is 14.2 Å². The molecule has 4 aromatic heterocycles. The quantitative estimate of drug-likeness (QED) is 0.319. The minimum absolute atomic E-state index is 0.526. The smallest absolute Gasteiger partial charge is 0.494 e. The molecule has 0 fully saturated rings. The van der Waals surface area contributed by atoms with Crippen molar-refractivity contribution in [1.82, 2.24) is 14.5 Å². The van der Waals surface area contributed by atoms with E-state index in [9.17, 15) is 0 Å². The van der Waals surface area contributed by atoms with Gasteiger partial charge in [-0.2, -0.15) is 0 Å². The van der Waals surface area contributed by atoms with Gasteiger partial charge in [-0.25, -0.2) is 0 Å². The minimum atomic E-state index is -1.22. The molecule has 0 saturated carbocycles. The van der Waals surface area contributed by atoms with Crippen LogP contribution < -0.4 is 39.5 Å². The zero-order chi connectivity index (χ0) is 27.4. The highest BCUT2D eigenvalue weighted by Gasteiger charge is 2.65. The molecule has 0 amide bonds. The third kappa shape index (κ3) is 2.05. The zero-order valence-corrected chi connectivity index (χ0v) is 21.9. The monoisotopic (exact) mass is 543 g/mol. The van der Waals surface area contributed by atoms with E-state index in [2.05, 4.69) is 35.8 Å². The van der Waals surface area contributed by atoms with E-state index in [0.29, 0.717) is 45.6 Å². The van der Waals surface area contributed by atoms with Gasteiger partial charge in [0.25, 0.3) is 11.3 Å². The Morgan fingerprint density at radius 2 is 1.17 bits per heavy atom. The van der Waals surface area contributed by atoms with E-state index in [1.54, 1.807) is 39.0 Å². The number of hydrogen-bond acceptors (Lipinski definition) is 8. The Balaban J connectivity index is 1.50. The van der Waals surface area contributed by atoms with Gasteiger partial charge in [-0.15, -0.1) is 13.7 Å². The molecule has 2 unspecified atom stereocenters. The largest absolute Gasteiger partial charge is 0.542 e. The fourth-order valence-corrected chi connectivity index (χ4v) is 7.52. The summed E-state index contributed by atoms with van der Waals surface area (Å²) in [5, 5.41) is 2.05. The Hall–Kier alpha value is -5.26. The number of ether oxygens (including phenoxy) is 4. The van der Waals surface area contributed by atoms with Crippen LogP contribution in [0.5, 0.6) is 34.5 Å². The first-order chi connectivity index (χ1) is 20.0. The van der Waals surface area contributed by atoms with Crippen LogP contribution in [0.3, 0.4) is 0 Å². The SMILES string of the molecule is COc1cncc2c1C1(N)c3c(ccc4c5ccc6c7c5n(c34)-c3[n+]1ccc[n+]3C7(N)c1c(OC)cncc1O6)O2. The lowest BCUT2D eigenvalue weighted by Crippen LogP contribution is -2.77. The van der Waals surface area contributed by atoms with Crippen LogP contribution in [0.15, 0.2) is 67.5 Å². The normalized spacial score (nSPS) is 21.3. The molecule has 198 valence electrons. The standard InChI is InChI=1S/C30H21N7O4/c1-38-18-10-33-12-20-22(18)29(31)24-16(40-20)6-4-14-15-5-7-17-25-27(15)37(26(14)24)28-35(29)8-3-9-36(28)30(25,32)23-19(39-2)11-34-13-21(23)41-17/h3-13H,31-32H2,1-2H3/q+2. The van der Waals surface area contributed by atoms with E-state index in [1.165, 1.54) is 0 Å². The summed E-state index contributed by atoms with van der Waals surface area (Å²) in [6, 6.07) is 10.0. The van der Waals surface area contributed by atoms with Crippen molar-refractivity contribution in [3.63, 3.8) is 0 Å². The van der Waals surface area contributed by atoms with Crippen LogP contribution in [0.1, 0.15) is 22.3 Å². The average Bonchev–Trinajstić information content (AvgIpc) is 3.34. The number of methoxy groups -OCH3 is 2. The van der Waals surface area contributed by atoms with Crippen molar-refractivity contribution < 1.29 is 28.1 Å². The summed E-state index contributed by atoms with van der Waals surface area (Å²) < 4.78 is 30.9. The first-order valence-corrected chi connectivity index (χ1v) is 13.1. The van der Waals surface area contributed by atoms with Crippen molar-refractivity contribution in [2.24, 2.45) is 11.5 Å². The number of nitrogens with two attached hydrogens (primary N) is 2. The molecule has 2 atom stereocenters. The van der Waals surface area contributed by atoms with E-state index < -0.39 is 11.3 Å². The van der Waals surface area contributed by atoms with Crippen molar-refractivity contribution in [2.45, 2.75) is 11.3 Å². The Morgan fingerprint density at radius 3 is 1.63 bits per heavy atom. The van der Waals surface area contributed by atoms with Crippen LogP contribution in [0, 0.1) is 0 Å². The summed E-state index contributed by atoms with van der Waals surface area (Å²) in [5.41, 5.74) is 17.8. The first kappa shape index (κ1) is 21.5. The molecule has 0 bridgehead atoms. The summed E-state index contributed by atoms with van der Waals surface area (Å²) in [5.74, 6) is 4.19. The van der Waals surface area contributed by atoms with Gasteiger partial charge in [-0.1, -0.05) is 0 Å². The summed E-state index contributed by atoms with van der Waals surface area (Å²) in [6.45, 7) is 0. The lowest BCUT2D eigenvalue weighted by molar-refractivity contribution is -0.858. The predicted octanol–water partition coefficient (Wildman–Crippen LogP) is 2.42.